The van der Waals surface area contributed by atoms with Crippen LogP contribution >= 0.6 is 43.5 Å². The molecule has 0 spiro atoms. The van der Waals surface area contributed by atoms with E-state index in [1.165, 1.54) is 13.2 Å². The van der Waals surface area contributed by atoms with Gasteiger partial charge in [0, 0.05) is 20.7 Å². The molecule has 4 rings (SSSR count). The SMILES string of the molecule is COc1cc(/C=C(\C#N)C(=O)Nc2ccc(OCc3ccccc3Cl)cc2)cc(Br)c1OCc1ccc(Br)cc1. The highest BCUT2D eigenvalue weighted by molar-refractivity contribution is 9.10. The fourth-order valence-electron chi connectivity index (χ4n) is 3.62. The van der Waals surface area contributed by atoms with Gasteiger partial charge in [0.2, 0.25) is 0 Å². The summed E-state index contributed by atoms with van der Waals surface area (Å²) in [7, 11) is 1.53. The Hall–Kier alpha value is -3.77. The Bertz CT molecular complexity index is 1570. The number of hydrogen-bond acceptors (Lipinski definition) is 5. The number of nitrogens with one attached hydrogen (secondary N) is 1. The van der Waals surface area contributed by atoms with Gasteiger partial charge in [0.25, 0.3) is 5.91 Å². The van der Waals surface area contributed by atoms with Crippen LogP contribution in [0.3, 0.4) is 0 Å². The van der Waals surface area contributed by atoms with E-state index in [4.69, 9.17) is 25.8 Å². The predicted octanol–water partition coefficient (Wildman–Crippen LogP) is 8.58. The first-order valence-electron chi connectivity index (χ1n) is 12.0. The van der Waals surface area contributed by atoms with E-state index in [0.717, 1.165) is 15.6 Å². The van der Waals surface area contributed by atoms with Gasteiger partial charge in [0.05, 0.1) is 11.6 Å². The van der Waals surface area contributed by atoms with Gasteiger partial charge in [-0.25, -0.2) is 0 Å². The molecule has 0 aliphatic heterocycles. The van der Waals surface area contributed by atoms with Crippen molar-refractivity contribution in [3.8, 4) is 23.3 Å². The molecule has 0 heterocycles. The smallest absolute Gasteiger partial charge is 0.266 e. The topological polar surface area (TPSA) is 80.6 Å². The number of halogens is 3. The summed E-state index contributed by atoms with van der Waals surface area (Å²) in [6.07, 6.45) is 1.49. The number of rotatable bonds is 10. The van der Waals surface area contributed by atoms with Crippen LogP contribution in [-0.4, -0.2) is 13.0 Å². The molecule has 40 heavy (non-hydrogen) atoms. The second-order valence-electron chi connectivity index (χ2n) is 8.48. The van der Waals surface area contributed by atoms with Gasteiger partial charge < -0.3 is 19.5 Å². The van der Waals surface area contributed by atoms with E-state index in [2.05, 4.69) is 37.2 Å². The second-order valence-corrected chi connectivity index (χ2v) is 10.7. The Labute approximate surface area is 254 Å². The van der Waals surface area contributed by atoms with Crippen molar-refractivity contribution in [2.24, 2.45) is 0 Å². The van der Waals surface area contributed by atoms with E-state index < -0.39 is 5.91 Å². The van der Waals surface area contributed by atoms with Crippen LogP contribution in [0.2, 0.25) is 5.02 Å². The largest absolute Gasteiger partial charge is 0.493 e. The Kier molecular flexibility index (Phi) is 10.3. The molecule has 0 fully saturated rings. The first-order valence-corrected chi connectivity index (χ1v) is 14.0. The lowest BCUT2D eigenvalue weighted by atomic mass is 10.1. The van der Waals surface area contributed by atoms with Gasteiger partial charge in [-0.1, -0.05) is 57.9 Å². The Morgan fingerprint density at radius 2 is 1.70 bits per heavy atom. The van der Waals surface area contributed by atoms with Gasteiger partial charge in [-0.15, -0.1) is 0 Å². The molecule has 0 saturated carbocycles. The zero-order valence-electron chi connectivity index (χ0n) is 21.3. The molecule has 1 N–H and O–H groups in total. The Balaban J connectivity index is 1.42. The van der Waals surface area contributed by atoms with Crippen LogP contribution in [0.1, 0.15) is 16.7 Å². The maximum Gasteiger partial charge on any atom is 0.266 e. The minimum atomic E-state index is -0.544. The number of benzene rings is 4. The van der Waals surface area contributed by atoms with E-state index in [1.807, 2.05) is 48.5 Å². The van der Waals surface area contributed by atoms with Gasteiger partial charge in [0.15, 0.2) is 11.5 Å². The quantitative estimate of drug-likeness (QED) is 0.134. The monoisotopic (exact) mass is 680 g/mol. The summed E-state index contributed by atoms with van der Waals surface area (Å²) in [5.74, 6) is 1.05. The molecule has 1 amide bonds. The van der Waals surface area contributed by atoms with Crippen LogP contribution in [0.25, 0.3) is 6.08 Å². The highest BCUT2D eigenvalue weighted by Gasteiger charge is 2.15. The van der Waals surface area contributed by atoms with E-state index in [9.17, 15) is 10.1 Å². The molecule has 0 saturated heterocycles. The minimum absolute atomic E-state index is 0.0727. The highest BCUT2D eigenvalue weighted by atomic mass is 79.9. The number of methoxy groups -OCH3 is 1. The molecule has 0 unspecified atom stereocenters. The Morgan fingerprint density at radius 3 is 2.38 bits per heavy atom. The number of nitriles is 1. The molecule has 0 atom stereocenters. The van der Waals surface area contributed by atoms with Gasteiger partial charge in [-0.2, -0.15) is 5.26 Å². The van der Waals surface area contributed by atoms with Gasteiger partial charge in [-0.05, 0) is 87.7 Å². The lowest BCUT2D eigenvalue weighted by molar-refractivity contribution is -0.112. The first-order chi connectivity index (χ1) is 19.4. The maximum atomic E-state index is 12.9. The van der Waals surface area contributed by atoms with Crippen LogP contribution in [0.4, 0.5) is 5.69 Å². The van der Waals surface area contributed by atoms with Crippen LogP contribution in [0.15, 0.2) is 99.4 Å². The van der Waals surface area contributed by atoms with E-state index in [1.54, 1.807) is 42.5 Å². The summed E-state index contributed by atoms with van der Waals surface area (Å²) in [6.45, 7) is 0.660. The molecular weight excluding hydrogens is 660 g/mol. The average Bonchev–Trinajstić information content (AvgIpc) is 2.96. The molecule has 4 aromatic carbocycles. The molecular formula is C31H23Br2ClN2O4. The molecule has 0 aliphatic rings. The summed E-state index contributed by atoms with van der Waals surface area (Å²) < 4.78 is 18.9. The standard InChI is InChI=1S/C31H23Br2ClN2O4/c1-38-29-16-21(15-27(33)30(29)40-18-20-6-8-24(32)9-7-20)14-23(17-35)31(37)36-25-10-12-26(13-11-25)39-19-22-4-2-3-5-28(22)34/h2-16H,18-19H2,1H3,(H,36,37)/b23-14+. The molecule has 0 aromatic heterocycles. The molecule has 202 valence electrons. The molecule has 4 aromatic rings. The molecule has 0 bridgehead atoms. The van der Waals surface area contributed by atoms with Crippen LogP contribution in [0.5, 0.6) is 17.2 Å². The van der Waals surface area contributed by atoms with Gasteiger partial charge >= 0.3 is 0 Å². The van der Waals surface area contributed by atoms with Crippen molar-refractivity contribution in [2.45, 2.75) is 13.2 Å². The first kappa shape index (κ1) is 29.2. The van der Waals surface area contributed by atoms with Gasteiger partial charge in [-0.3, -0.25) is 4.79 Å². The minimum Gasteiger partial charge on any atom is -0.493 e. The van der Waals surface area contributed by atoms with Crippen molar-refractivity contribution in [3.05, 3.63) is 121 Å². The van der Waals surface area contributed by atoms with Crippen LogP contribution in [-0.2, 0) is 18.0 Å². The summed E-state index contributed by atoms with van der Waals surface area (Å²) in [6, 6.07) is 27.6. The van der Waals surface area contributed by atoms with Crippen LogP contribution in [0, 0.1) is 11.3 Å². The normalized spacial score (nSPS) is 10.9. The summed E-state index contributed by atoms with van der Waals surface area (Å²) >= 11 is 13.1. The fraction of sp³-hybridized carbons (Fsp3) is 0.0968. The van der Waals surface area contributed by atoms with E-state index >= 15 is 0 Å². The highest BCUT2D eigenvalue weighted by Crippen LogP contribution is 2.38. The molecule has 0 aliphatic carbocycles. The van der Waals surface area contributed by atoms with E-state index in [0.29, 0.717) is 51.2 Å². The number of carbonyl (C=O) groups excluding carboxylic acids is 1. The second kappa shape index (κ2) is 14.0. The molecule has 0 radical (unpaired) electrons. The zero-order valence-corrected chi connectivity index (χ0v) is 25.2. The van der Waals surface area contributed by atoms with Crippen molar-refractivity contribution in [3.63, 3.8) is 0 Å². The number of ether oxygens (including phenoxy) is 3. The fourth-order valence-corrected chi connectivity index (χ4v) is 4.65. The van der Waals surface area contributed by atoms with Crippen LogP contribution < -0.4 is 19.5 Å². The summed E-state index contributed by atoms with van der Waals surface area (Å²) in [4.78, 5) is 12.9. The van der Waals surface area contributed by atoms with E-state index in [-0.39, 0.29) is 5.57 Å². The van der Waals surface area contributed by atoms with Crippen molar-refractivity contribution >= 4 is 61.1 Å². The number of anilines is 1. The average molecular weight is 683 g/mol. The van der Waals surface area contributed by atoms with Crippen molar-refractivity contribution < 1.29 is 19.0 Å². The summed E-state index contributed by atoms with van der Waals surface area (Å²) in [5, 5.41) is 13.1. The lowest BCUT2D eigenvalue weighted by Crippen LogP contribution is -2.13. The predicted molar refractivity (Wildman–Crippen MR) is 164 cm³/mol. The number of carbonyl (C=O) groups is 1. The third-order valence-corrected chi connectivity index (χ3v) is 7.18. The van der Waals surface area contributed by atoms with Crippen molar-refractivity contribution in [1.29, 1.82) is 5.26 Å². The molecule has 9 heteroatoms. The molecule has 6 nitrogen and oxygen atoms in total. The van der Waals surface area contributed by atoms with Gasteiger partial charge in [0.1, 0.15) is 30.6 Å². The maximum absolute atomic E-state index is 12.9. The number of nitrogens with zero attached hydrogens (tertiary/aromatic N) is 1. The third kappa shape index (κ3) is 7.89. The zero-order chi connectivity index (χ0) is 28.5. The lowest BCUT2D eigenvalue weighted by Gasteiger charge is -2.14. The van der Waals surface area contributed by atoms with Crippen molar-refractivity contribution in [1.82, 2.24) is 0 Å². The van der Waals surface area contributed by atoms with Crippen molar-refractivity contribution in [2.75, 3.05) is 12.4 Å². The number of amides is 1. The Morgan fingerprint density at radius 1 is 0.975 bits per heavy atom. The summed E-state index contributed by atoms with van der Waals surface area (Å²) in [5.41, 5.74) is 2.90. The number of hydrogen-bond donors (Lipinski definition) is 1. The third-order valence-electron chi connectivity index (χ3n) is 5.69.